The second-order valence-electron chi connectivity index (χ2n) is 6.65. The van der Waals surface area contributed by atoms with Crippen molar-refractivity contribution in [2.75, 3.05) is 56.6 Å². The molecule has 0 spiro atoms. The Hall–Kier alpha value is -1.97. The van der Waals surface area contributed by atoms with Crippen molar-refractivity contribution in [1.29, 1.82) is 0 Å². The molecule has 0 bridgehead atoms. The van der Waals surface area contributed by atoms with Gasteiger partial charge in [0.25, 0.3) is 0 Å². The zero-order valence-corrected chi connectivity index (χ0v) is 15.8. The van der Waals surface area contributed by atoms with Crippen molar-refractivity contribution in [3.05, 3.63) is 65.2 Å². The number of hydrogen-bond acceptors (Lipinski definition) is 3. The fraction of sp³-hybridized carbons (Fsp3) is 0.333. The van der Waals surface area contributed by atoms with E-state index in [0.717, 1.165) is 37.7 Å². The lowest BCUT2D eigenvalue weighted by Crippen LogP contribution is -2.46. The molecule has 0 unspecified atom stereocenters. The summed E-state index contributed by atoms with van der Waals surface area (Å²) in [4.78, 5) is 7.04. The Bertz CT molecular complexity index is 684. The molecule has 0 saturated carbocycles. The fourth-order valence-corrected chi connectivity index (χ4v) is 3.19. The molecule has 0 N–H and O–H groups in total. The molecule has 3 nitrogen and oxygen atoms in total. The average Bonchev–Trinajstić information content (AvgIpc) is 2.63. The zero-order valence-electron chi connectivity index (χ0n) is 15.0. The molecular formula is C21H26ClN3. The molecule has 1 fully saturated rings. The van der Waals surface area contributed by atoms with E-state index in [1.165, 1.54) is 16.9 Å². The molecule has 2 aromatic rings. The first kappa shape index (κ1) is 17.8. The monoisotopic (exact) mass is 355 g/mol. The van der Waals surface area contributed by atoms with Crippen LogP contribution in [0, 0.1) is 0 Å². The molecule has 0 amide bonds. The fourth-order valence-electron chi connectivity index (χ4n) is 3.06. The van der Waals surface area contributed by atoms with Gasteiger partial charge in [0.05, 0.1) is 0 Å². The van der Waals surface area contributed by atoms with Crippen molar-refractivity contribution in [1.82, 2.24) is 4.90 Å². The SMILES string of the molecule is CN(C)c1ccc(/C=C/CN2CCN(c3ccc(Cl)cc3)CC2)cc1. The van der Waals surface area contributed by atoms with Crippen LogP contribution in [0.5, 0.6) is 0 Å². The lowest BCUT2D eigenvalue weighted by atomic mass is 10.2. The summed E-state index contributed by atoms with van der Waals surface area (Å²) in [5, 5.41) is 0.797. The second kappa shape index (κ2) is 8.41. The third kappa shape index (κ3) is 5.00. The summed E-state index contributed by atoms with van der Waals surface area (Å²) < 4.78 is 0. The van der Waals surface area contributed by atoms with Gasteiger partial charge in [-0.25, -0.2) is 0 Å². The van der Waals surface area contributed by atoms with Gasteiger partial charge in [0, 0.05) is 63.2 Å². The van der Waals surface area contributed by atoms with E-state index < -0.39 is 0 Å². The highest BCUT2D eigenvalue weighted by Gasteiger charge is 2.15. The summed E-state index contributed by atoms with van der Waals surface area (Å²) in [5.41, 5.74) is 3.75. The third-order valence-electron chi connectivity index (χ3n) is 4.65. The van der Waals surface area contributed by atoms with Crippen molar-refractivity contribution in [3.63, 3.8) is 0 Å². The van der Waals surface area contributed by atoms with Crippen LogP contribution in [-0.2, 0) is 0 Å². The smallest absolute Gasteiger partial charge is 0.0407 e. The molecule has 2 aromatic carbocycles. The van der Waals surface area contributed by atoms with Crippen molar-refractivity contribution in [2.45, 2.75) is 0 Å². The Morgan fingerprint density at radius 2 is 1.56 bits per heavy atom. The summed E-state index contributed by atoms with van der Waals surface area (Å²) in [6, 6.07) is 16.8. The average molecular weight is 356 g/mol. The maximum absolute atomic E-state index is 5.97. The Kier molecular flexibility index (Phi) is 6.00. The van der Waals surface area contributed by atoms with E-state index in [4.69, 9.17) is 11.6 Å². The van der Waals surface area contributed by atoms with Crippen molar-refractivity contribution < 1.29 is 0 Å². The van der Waals surface area contributed by atoms with Gasteiger partial charge in [0.15, 0.2) is 0 Å². The number of halogens is 1. The number of nitrogens with zero attached hydrogens (tertiary/aromatic N) is 3. The highest BCUT2D eigenvalue weighted by molar-refractivity contribution is 6.30. The second-order valence-corrected chi connectivity index (χ2v) is 7.09. The van der Waals surface area contributed by atoms with Crippen molar-refractivity contribution >= 4 is 29.1 Å². The number of hydrogen-bond donors (Lipinski definition) is 0. The minimum absolute atomic E-state index is 0.797. The molecule has 0 radical (unpaired) electrons. The zero-order chi connectivity index (χ0) is 17.6. The van der Waals surface area contributed by atoms with Gasteiger partial charge in [-0.1, -0.05) is 35.9 Å². The van der Waals surface area contributed by atoms with Crippen molar-refractivity contribution in [3.8, 4) is 0 Å². The van der Waals surface area contributed by atoms with Crippen LogP contribution in [-0.4, -0.2) is 51.7 Å². The summed E-state index contributed by atoms with van der Waals surface area (Å²) in [7, 11) is 4.13. The first-order chi connectivity index (χ1) is 12.1. The van der Waals surface area contributed by atoms with Crippen LogP contribution in [0.1, 0.15) is 5.56 Å². The van der Waals surface area contributed by atoms with Crippen LogP contribution in [0.2, 0.25) is 5.02 Å². The van der Waals surface area contributed by atoms with Gasteiger partial charge in [-0.15, -0.1) is 0 Å². The quantitative estimate of drug-likeness (QED) is 0.794. The van der Waals surface area contributed by atoms with E-state index >= 15 is 0 Å². The molecular weight excluding hydrogens is 330 g/mol. The van der Waals surface area contributed by atoms with Gasteiger partial charge in [-0.05, 0) is 42.0 Å². The van der Waals surface area contributed by atoms with Gasteiger partial charge in [-0.3, -0.25) is 4.90 Å². The Morgan fingerprint density at radius 3 is 2.16 bits per heavy atom. The highest BCUT2D eigenvalue weighted by Crippen LogP contribution is 2.19. The molecule has 25 heavy (non-hydrogen) atoms. The molecule has 3 rings (SSSR count). The van der Waals surface area contributed by atoms with E-state index in [1.54, 1.807) is 0 Å². The van der Waals surface area contributed by atoms with E-state index in [9.17, 15) is 0 Å². The van der Waals surface area contributed by atoms with Crippen LogP contribution < -0.4 is 9.80 Å². The standard InChI is InChI=1S/C21H26ClN3/c1-23(2)20-9-5-18(6-10-20)4-3-13-24-14-16-25(17-15-24)21-11-7-19(22)8-12-21/h3-12H,13-17H2,1-2H3/b4-3+. The molecule has 1 heterocycles. The van der Waals surface area contributed by atoms with Crippen molar-refractivity contribution in [2.24, 2.45) is 0 Å². The van der Waals surface area contributed by atoms with Crippen LogP contribution in [0.4, 0.5) is 11.4 Å². The number of rotatable bonds is 5. The summed E-state index contributed by atoms with van der Waals surface area (Å²) >= 11 is 5.97. The van der Waals surface area contributed by atoms with E-state index in [1.807, 2.05) is 12.1 Å². The molecule has 0 aliphatic carbocycles. The molecule has 1 saturated heterocycles. The largest absolute Gasteiger partial charge is 0.378 e. The number of piperazine rings is 1. The number of benzene rings is 2. The van der Waals surface area contributed by atoms with Crippen LogP contribution in [0.3, 0.4) is 0 Å². The summed E-state index contributed by atoms with van der Waals surface area (Å²) in [6.07, 6.45) is 4.48. The maximum Gasteiger partial charge on any atom is 0.0407 e. The molecule has 132 valence electrons. The molecule has 0 aromatic heterocycles. The van der Waals surface area contributed by atoms with Gasteiger partial charge in [-0.2, -0.15) is 0 Å². The van der Waals surface area contributed by atoms with Gasteiger partial charge < -0.3 is 9.80 Å². The van der Waals surface area contributed by atoms with E-state index in [0.29, 0.717) is 0 Å². The molecule has 0 atom stereocenters. The summed E-state index contributed by atoms with van der Waals surface area (Å²) in [6.45, 7) is 5.31. The summed E-state index contributed by atoms with van der Waals surface area (Å²) in [5.74, 6) is 0. The minimum atomic E-state index is 0.797. The third-order valence-corrected chi connectivity index (χ3v) is 4.90. The van der Waals surface area contributed by atoms with E-state index in [-0.39, 0.29) is 0 Å². The minimum Gasteiger partial charge on any atom is -0.378 e. The maximum atomic E-state index is 5.97. The Labute approximate surface area is 156 Å². The first-order valence-electron chi connectivity index (χ1n) is 8.78. The van der Waals surface area contributed by atoms with Gasteiger partial charge in [0.1, 0.15) is 0 Å². The lowest BCUT2D eigenvalue weighted by molar-refractivity contribution is 0.284. The first-order valence-corrected chi connectivity index (χ1v) is 9.16. The van der Waals surface area contributed by atoms with Crippen LogP contribution >= 0.6 is 11.6 Å². The highest BCUT2D eigenvalue weighted by atomic mass is 35.5. The van der Waals surface area contributed by atoms with Crippen LogP contribution in [0.15, 0.2) is 54.6 Å². The predicted molar refractivity (Wildman–Crippen MR) is 110 cm³/mol. The predicted octanol–water partition coefficient (Wildman–Crippen LogP) is 4.24. The Morgan fingerprint density at radius 1 is 0.920 bits per heavy atom. The van der Waals surface area contributed by atoms with Gasteiger partial charge >= 0.3 is 0 Å². The van der Waals surface area contributed by atoms with E-state index in [2.05, 4.69) is 77.3 Å². The normalized spacial score (nSPS) is 15.7. The molecule has 4 heteroatoms. The topological polar surface area (TPSA) is 9.72 Å². The van der Waals surface area contributed by atoms with Gasteiger partial charge in [0.2, 0.25) is 0 Å². The number of anilines is 2. The van der Waals surface area contributed by atoms with Crippen LogP contribution in [0.25, 0.3) is 6.08 Å². The molecule has 1 aliphatic heterocycles. The molecule has 1 aliphatic rings. The lowest BCUT2D eigenvalue weighted by Gasteiger charge is -2.35. The Balaban J connectivity index is 1.46.